The molecule has 2 aliphatic heterocycles. The summed E-state index contributed by atoms with van der Waals surface area (Å²) in [6.07, 6.45) is -7.50. The topological polar surface area (TPSA) is 81.0 Å². The Balaban J connectivity index is 1.25. The fourth-order valence-electron chi connectivity index (χ4n) is 3.54. The molecule has 7 nitrogen and oxygen atoms in total. The Morgan fingerprint density at radius 3 is 1.54 bits per heavy atom. The minimum Gasteiger partial charge on any atom is -0.463 e. The van der Waals surface area contributed by atoms with E-state index >= 15 is 0 Å². The molecule has 0 spiro atoms. The summed E-state index contributed by atoms with van der Waals surface area (Å²) in [5, 5.41) is 2.82. The number of hydrogen-bond donors (Lipinski definition) is 1. The Bertz CT molecular complexity index is 1020. The largest absolute Gasteiger partial charge is 0.463 e. The Hall–Kier alpha value is -3.38. The van der Waals surface area contributed by atoms with Gasteiger partial charge in [0, 0.05) is 11.4 Å². The van der Waals surface area contributed by atoms with Gasteiger partial charge in [-0.3, -0.25) is 5.32 Å². The Labute approximate surface area is 196 Å². The summed E-state index contributed by atoms with van der Waals surface area (Å²) >= 11 is 0. The summed E-state index contributed by atoms with van der Waals surface area (Å²) < 4.78 is 87.7. The van der Waals surface area contributed by atoms with E-state index in [2.05, 4.69) is 25.3 Å². The van der Waals surface area contributed by atoms with Crippen molar-refractivity contribution < 1.29 is 35.8 Å². The van der Waals surface area contributed by atoms with Gasteiger partial charge in [-0.2, -0.15) is 26.3 Å². The van der Waals surface area contributed by atoms with Crippen LogP contribution in [0.4, 0.5) is 26.3 Å². The van der Waals surface area contributed by atoms with Crippen molar-refractivity contribution in [1.82, 2.24) is 15.3 Å². The Morgan fingerprint density at radius 2 is 1.14 bits per heavy atom. The van der Waals surface area contributed by atoms with E-state index in [0.717, 1.165) is 12.1 Å². The molecule has 0 aliphatic carbocycles. The van der Waals surface area contributed by atoms with Crippen LogP contribution < -0.4 is 5.32 Å². The number of aromatic nitrogens is 2. The number of rotatable bonds is 6. The molecule has 0 radical (unpaired) electrons. The highest BCUT2D eigenvalue weighted by molar-refractivity contribution is 5.94. The molecule has 188 valence electrons. The SMILES string of the molecule is FC(F)(F)c1cccc(CCC2COC(NC3=NC(CCc4cccc(C(F)(F)F)n4)CO3)=N2)n1. The van der Waals surface area contributed by atoms with Crippen LogP contribution in [0.1, 0.15) is 35.6 Å². The zero-order valence-corrected chi connectivity index (χ0v) is 18.2. The van der Waals surface area contributed by atoms with Gasteiger partial charge in [-0.1, -0.05) is 12.1 Å². The van der Waals surface area contributed by atoms with Gasteiger partial charge in [0.15, 0.2) is 0 Å². The standard InChI is InChI=1S/C22H21F6N5O2/c23-21(24,25)17-5-1-3-13(29-17)7-9-15-11-34-19(31-15)33-20-32-16(12-35-20)10-8-14-4-2-6-18(30-14)22(26,27)28/h1-6,15-16H,7-12H2,(H,31,32,33). The zero-order valence-electron chi connectivity index (χ0n) is 18.2. The van der Waals surface area contributed by atoms with Crippen LogP contribution in [0.25, 0.3) is 0 Å². The molecular weight excluding hydrogens is 480 g/mol. The third-order valence-corrected chi connectivity index (χ3v) is 5.30. The van der Waals surface area contributed by atoms with Crippen molar-refractivity contribution in [3.05, 3.63) is 59.2 Å². The number of halogens is 6. The first kappa shape index (κ1) is 24.7. The quantitative estimate of drug-likeness (QED) is 0.601. The van der Waals surface area contributed by atoms with Gasteiger partial charge in [0.05, 0.1) is 12.1 Å². The van der Waals surface area contributed by atoms with Gasteiger partial charge in [0.2, 0.25) is 0 Å². The highest BCUT2D eigenvalue weighted by atomic mass is 19.4. The number of hydrogen-bond acceptors (Lipinski definition) is 7. The minimum absolute atomic E-state index is 0.186. The van der Waals surface area contributed by atoms with Crippen LogP contribution >= 0.6 is 0 Å². The summed E-state index contributed by atoms with van der Waals surface area (Å²) in [6.45, 7) is 0.498. The van der Waals surface area contributed by atoms with Gasteiger partial charge in [0.25, 0.3) is 12.0 Å². The van der Waals surface area contributed by atoms with E-state index in [1.54, 1.807) is 0 Å². The molecule has 0 saturated carbocycles. The van der Waals surface area contributed by atoms with Crippen molar-refractivity contribution >= 4 is 12.0 Å². The maximum Gasteiger partial charge on any atom is 0.433 e. The van der Waals surface area contributed by atoms with Crippen LogP contribution in [0.3, 0.4) is 0 Å². The normalized spacial score (nSPS) is 20.2. The van der Waals surface area contributed by atoms with Gasteiger partial charge >= 0.3 is 12.4 Å². The number of aliphatic imine (C=N–C) groups is 2. The van der Waals surface area contributed by atoms with E-state index in [-0.39, 0.29) is 37.3 Å². The smallest absolute Gasteiger partial charge is 0.433 e. The molecule has 2 atom stereocenters. The molecule has 2 aromatic rings. The predicted molar refractivity (Wildman–Crippen MR) is 113 cm³/mol. The van der Waals surface area contributed by atoms with Crippen LogP contribution in [0.2, 0.25) is 0 Å². The van der Waals surface area contributed by atoms with Gasteiger partial charge in [-0.05, 0) is 49.9 Å². The molecule has 2 aliphatic rings. The van der Waals surface area contributed by atoms with E-state index in [4.69, 9.17) is 9.47 Å². The van der Waals surface area contributed by atoms with Crippen molar-refractivity contribution in [3.8, 4) is 0 Å². The minimum atomic E-state index is -4.49. The lowest BCUT2D eigenvalue weighted by Crippen LogP contribution is -2.30. The number of nitrogens with one attached hydrogen (secondary N) is 1. The second kappa shape index (κ2) is 10.1. The summed E-state index contributed by atoms with van der Waals surface area (Å²) in [4.78, 5) is 16.0. The van der Waals surface area contributed by atoms with E-state index in [0.29, 0.717) is 37.1 Å². The maximum atomic E-state index is 12.8. The molecule has 0 fully saturated rings. The number of alkyl halides is 6. The third-order valence-electron chi connectivity index (χ3n) is 5.30. The van der Waals surface area contributed by atoms with Crippen LogP contribution in [0, 0.1) is 0 Å². The third kappa shape index (κ3) is 6.83. The molecule has 13 heteroatoms. The molecule has 0 saturated heterocycles. The molecule has 2 aromatic heterocycles. The lowest BCUT2D eigenvalue weighted by atomic mass is 10.1. The highest BCUT2D eigenvalue weighted by Crippen LogP contribution is 2.28. The molecular formula is C22H21F6N5O2. The second-order valence-corrected chi connectivity index (χ2v) is 8.02. The monoisotopic (exact) mass is 501 g/mol. The van der Waals surface area contributed by atoms with E-state index in [9.17, 15) is 26.3 Å². The first-order valence-corrected chi connectivity index (χ1v) is 10.8. The van der Waals surface area contributed by atoms with Gasteiger partial charge in [-0.25, -0.2) is 20.0 Å². The van der Waals surface area contributed by atoms with Crippen LogP contribution in [0.15, 0.2) is 46.4 Å². The number of pyridine rings is 2. The fourth-order valence-corrected chi connectivity index (χ4v) is 3.54. The van der Waals surface area contributed by atoms with Crippen molar-refractivity contribution in [2.45, 2.75) is 50.1 Å². The first-order chi connectivity index (χ1) is 16.6. The van der Waals surface area contributed by atoms with Gasteiger partial charge < -0.3 is 9.47 Å². The van der Waals surface area contributed by atoms with Crippen LogP contribution in [-0.4, -0.2) is 47.3 Å². The average molecular weight is 501 g/mol. The van der Waals surface area contributed by atoms with Gasteiger partial charge in [-0.15, -0.1) is 0 Å². The first-order valence-electron chi connectivity index (χ1n) is 10.8. The molecule has 0 aromatic carbocycles. The van der Waals surface area contributed by atoms with E-state index < -0.39 is 23.7 Å². The van der Waals surface area contributed by atoms with Crippen molar-refractivity contribution in [2.75, 3.05) is 13.2 Å². The summed E-state index contributed by atoms with van der Waals surface area (Å²) in [7, 11) is 0. The summed E-state index contributed by atoms with van der Waals surface area (Å²) in [5.41, 5.74) is -1.23. The lowest BCUT2D eigenvalue weighted by molar-refractivity contribution is -0.142. The maximum absolute atomic E-state index is 12.8. The van der Waals surface area contributed by atoms with Crippen LogP contribution in [0.5, 0.6) is 0 Å². The number of nitrogens with zero attached hydrogens (tertiary/aromatic N) is 4. The Morgan fingerprint density at radius 1 is 0.714 bits per heavy atom. The molecule has 2 unspecified atom stereocenters. The number of amidine groups is 2. The molecule has 1 N–H and O–H groups in total. The summed E-state index contributed by atoms with van der Waals surface area (Å²) in [5.74, 6) is 0. The lowest BCUT2D eigenvalue weighted by Gasteiger charge is -2.08. The molecule has 4 heterocycles. The Kier molecular flexibility index (Phi) is 7.13. The number of ether oxygens (including phenoxy) is 2. The van der Waals surface area contributed by atoms with Crippen LogP contribution in [-0.2, 0) is 34.7 Å². The fraction of sp³-hybridized carbons (Fsp3) is 0.455. The number of aryl methyl sites for hydroxylation is 2. The second-order valence-electron chi connectivity index (χ2n) is 8.02. The highest BCUT2D eigenvalue weighted by Gasteiger charge is 2.33. The summed E-state index contributed by atoms with van der Waals surface area (Å²) in [6, 6.07) is 7.40. The van der Waals surface area contributed by atoms with E-state index in [1.807, 2.05) is 0 Å². The molecule has 0 amide bonds. The van der Waals surface area contributed by atoms with Crippen molar-refractivity contribution in [1.29, 1.82) is 0 Å². The molecule has 4 rings (SSSR count). The van der Waals surface area contributed by atoms with Crippen molar-refractivity contribution in [3.63, 3.8) is 0 Å². The molecule has 35 heavy (non-hydrogen) atoms. The molecule has 0 bridgehead atoms. The average Bonchev–Trinajstić information content (AvgIpc) is 3.45. The zero-order chi connectivity index (χ0) is 25.1. The van der Waals surface area contributed by atoms with Gasteiger partial charge in [0.1, 0.15) is 24.6 Å². The van der Waals surface area contributed by atoms with E-state index in [1.165, 1.54) is 24.3 Å². The van der Waals surface area contributed by atoms with Crippen molar-refractivity contribution in [2.24, 2.45) is 9.98 Å². The predicted octanol–water partition coefficient (Wildman–Crippen LogP) is 4.18.